The largest absolute Gasteiger partial charge is 0.493 e. The molecule has 0 saturated carbocycles. The maximum Gasteiger partial charge on any atom is 0.244 e. The second-order valence-electron chi connectivity index (χ2n) is 3.87. The number of ether oxygens (including phenoxy) is 1. The van der Waals surface area contributed by atoms with Gasteiger partial charge in [0.15, 0.2) is 0 Å². The van der Waals surface area contributed by atoms with Crippen LogP contribution in [-0.2, 0) is 4.79 Å². The summed E-state index contributed by atoms with van der Waals surface area (Å²) in [7, 11) is 0. The van der Waals surface area contributed by atoms with Gasteiger partial charge in [-0.3, -0.25) is 4.79 Å². The zero-order chi connectivity index (χ0) is 14.4. The fourth-order valence-electron chi connectivity index (χ4n) is 1.62. The molecule has 1 aromatic carbocycles. The Balaban J connectivity index is 2.24. The molecule has 0 atom stereocenters. The zero-order valence-corrected chi connectivity index (χ0v) is 12.8. The summed E-state index contributed by atoms with van der Waals surface area (Å²) in [5.41, 5.74) is 1.34. The van der Waals surface area contributed by atoms with E-state index in [1.54, 1.807) is 12.2 Å². The third kappa shape index (κ3) is 3.77. The van der Waals surface area contributed by atoms with Crippen LogP contribution < -0.4 is 4.74 Å². The lowest BCUT2D eigenvalue weighted by Crippen LogP contribution is -1.94. The molecule has 0 amide bonds. The van der Waals surface area contributed by atoms with E-state index in [1.165, 1.54) is 23.5 Å². The van der Waals surface area contributed by atoms with E-state index in [1.807, 2.05) is 31.2 Å². The van der Waals surface area contributed by atoms with Crippen LogP contribution in [-0.4, -0.2) is 21.9 Å². The number of aliphatic imine (C=N–C) groups is 1. The molecule has 104 valence electrons. The van der Waals surface area contributed by atoms with Gasteiger partial charge in [0, 0.05) is 11.3 Å². The molecule has 0 bridgehead atoms. The highest BCUT2D eigenvalue weighted by Gasteiger charge is 2.22. The molecule has 1 aromatic rings. The van der Waals surface area contributed by atoms with Crippen molar-refractivity contribution in [2.24, 2.45) is 4.99 Å². The normalized spacial score (nSPS) is 16.4. The van der Waals surface area contributed by atoms with Crippen LogP contribution in [0, 0.1) is 0 Å². The predicted molar refractivity (Wildman–Crippen MR) is 88.3 cm³/mol. The van der Waals surface area contributed by atoms with Crippen molar-refractivity contribution in [1.82, 2.24) is 0 Å². The molecule has 3 nitrogen and oxygen atoms in total. The molecule has 0 spiro atoms. The average Bonchev–Trinajstić information content (AvgIpc) is 2.79. The van der Waals surface area contributed by atoms with Gasteiger partial charge in [-0.2, -0.15) is 0 Å². The van der Waals surface area contributed by atoms with E-state index in [9.17, 15) is 4.79 Å². The first kappa shape index (κ1) is 14.9. The molecule has 0 fully saturated rings. The van der Waals surface area contributed by atoms with Gasteiger partial charge in [0.2, 0.25) is 5.12 Å². The van der Waals surface area contributed by atoms with Crippen LogP contribution in [0.4, 0.5) is 0 Å². The Morgan fingerprint density at radius 2 is 2.25 bits per heavy atom. The lowest BCUT2D eigenvalue weighted by molar-refractivity contribution is -0.107. The van der Waals surface area contributed by atoms with Crippen molar-refractivity contribution in [1.29, 1.82) is 0 Å². The lowest BCUT2D eigenvalue weighted by Gasteiger charge is -2.06. The van der Waals surface area contributed by atoms with E-state index in [4.69, 9.17) is 4.74 Å². The Morgan fingerprint density at radius 3 is 3.00 bits per heavy atom. The number of para-hydroxylation sites is 1. The monoisotopic (exact) mass is 305 g/mol. The van der Waals surface area contributed by atoms with Gasteiger partial charge in [0.05, 0.1) is 6.61 Å². The van der Waals surface area contributed by atoms with Gasteiger partial charge in [-0.15, -0.1) is 6.58 Å². The maximum atomic E-state index is 11.9. The van der Waals surface area contributed by atoms with Crippen LogP contribution in [0.1, 0.15) is 12.5 Å². The quantitative estimate of drug-likeness (QED) is 0.609. The van der Waals surface area contributed by atoms with Crippen LogP contribution in [0.15, 0.2) is 47.6 Å². The summed E-state index contributed by atoms with van der Waals surface area (Å²) >= 11 is 2.69. The first-order valence-corrected chi connectivity index (χ1v) is 8.03. The first-order chi connectivity index (χ1) is 9.74. The number of thioether (sulfide) groups is 2. The van der Waals surface area contributed by atoms with Crippen LogP contribution >= 0.6 is 23.5 Å². The van der Waals surface area contributed by atoms with E-state index >= 15 is 0 Å². The maximum absolute atomic E-state index is 11.9. The molecule has 0 aliphatic carbocycles. The average molecular weight is 305 g/mol. The smallest absolute Gasteiger partial charge is 0.244 e. The number of benzene rings is 1. The summed E-state index contributed by atoms with van der Waals surface area (Å²) in [6.07, 6.45) is 3.58. The van der Waals surface area contributed by atoms with Crippen LogP contribution in [0.25, 0.3) is 6.08 Å². The molecule has 1 aliphatic heterocycles. The van der Waals surface area contributed by atoms with E-state index in [0.29, 0.717) is 12.3 Å². The van der Waals surface area contributed by atoms with E-state index < -0.39 is 0 Å². The van der Waals surface area contributed by atoms with Crippen molar-refractivity contribution in [2.45, 2.75) is 6.92 Å². The highest BCUT2D eigenvalue weighted by molar-refractivity contribution is 8.45. The summed E-state index contributed by atoms with van der Waals surface area (Å²) in [4.78, 5) is 16.3. The number of hydrogen-bond acceptors (Lipinski definition) is 5. The molecule has 0 saturated heterocycles. The van der Waals surface area contributed by atoms with Crippen molar-refractivity contribution in [3.05, 3.63) is 48.2 Å². The van der Waals surface area contributed by atoms with Crippen molar-refractivity contribution >= 4 is 39.1 Å². The molecule has 1 heterocycles. The third-order valence-electron chi connectivity index (χ3n) is 2.44. The molecular formula is C15H15NO2S2. The molecule has 1 aliphatic rings. The Labute approximate surface area is 127 Å². The van der Waals surface area contributed by atoms with Crippen molar-refractivity contribution in [3.63, 3.8) is 0 Å². The second-order valence-corrected chi connectivity index (χ2v) is 6.10. The van der Waals surface area contributed by atoms with E-state index in [0.717, 1.165) is 21.4 Å². The van der Waals surface area contributed by atoms with Gasteiger partial charge in [-0.25, -0.2) is 4.99 Å². The van der Waals surface area contributed by atoms with E-state index in [2.05, 4.69) is 11.6 Å². The number of hydrogen-bond donors (Lipinski definition) is 0. The summed E-state index contributed by atoms with van der Waals surface area (Å²) < 4.78 is 6.32. The number of nitrogens with zero attached hydrogens (tertiary/aromatic N) is 1. The Bertz CT molecular complexity index is 579. The Hall–Kier alpha value is -1.46. The van der Waals surface area contributed by atoms with Gasteiger partial charge in [0.1, 0.15) is 15.8 Å². The molecule has 0 radical (unpaired) electrons. The van der Waals surface area contributed by atoms with Gasteiger partial charge >= 0.3 is 0 Å². The molecule has 0 aromatic heterocycles. The topological polar surface area (TPSA) is 38.7 Å². The fraction of sp³-hybridized carbons (Fsp3) is 0.200. The molecule has 0 N–H and O–H groups in total. The summed E-state index contributed by atoms with van der Waals surface area (Å²) in [5.74, 6) is 1.52. The highest BCUT2D eigenvalue weighted by Crippen LogP contribution is 2.32. The van der Waals surface area contributed by atoms with Gasteiger partial charge in [-0.1, -0.05) is 36.0 Å². The van der Waals surface area contributed by atoms with Crippen LogP contribution in [0.3, 0.4) is 0 Å². The third-order valence-corrected chi connectivity index (χ3v) is 4.44. The summed E-state index contributed by atoms with van der Waals surface area (Å²) in [6, 6.07) is 7.63. The van der Waals surface area contributed by atoms with Gasteiger partial charge < -0.3 is 4.74 Å². The Morgan fingerprint density at radius 1 is 1.45 bits per heavy atom. The van der Waals surface area contributed by atoms with Gasteiger partial charge in [0.25, 0.3) is 0 Å². The summed E-state index contributed by atoms with van der Waals surface area (Å²) in [6.45, 7) is 6.18. The van der Waals surface area contributed by atoms with Crippen molar-refractivity contribution in [2.75, 3.05) is 12.4 Å². The standard InChI is InChI=1S/C15H15NO2S2/c1-3-9-19-15-16-12(14(17)20-15)10-11-7-5-6-8-13(11)18-4-2/h3,5-8,10H,1,4,9H2,2H3/b12-10-. The van der Waals surface area contributed by atoms with Crippen LogP contribution in [0.2, 0.25) is 0 Å². The van der Waals surface area contributed by atoms with Crippen LogP contribution in [0.5, 0.6) is 5.75 Å². The molecule has 2 rings (SSSR count). The predicted octanol–water partition coefficient (Wildman–Crippen LogP) is 3.97. The lowest BCUT2D eigenvalue weighted by atomic mass is 10.1. The number of carbonyl (C=O) groups is 1. The zero-order valence-electron chi connectivity index (χ0n) is 11.2. The first-order valence-electron chi connectivity index (χ1n) is 6.22. The summed E-state index contributed by atoms with van der Waals surface area (Å²) in [5, 5.41) is -0.0251. The van der Waals surface area contributed by atoms with Gasteiger partial charge in [-0.05, 0) is 30.8 Å². The number of rotatable bonds is 5. The van der Waals surface area contributed by atoms with Crippen molar-refractivity contribution < 1.29 is 9.53 Å². The molecule has 0 unspecified atom stereocenters. The molecular weight excluding hydrogens is 290 g/mol. The minimum atomic E-state index is -0.0251. The second kappa shape index (κ2) is 7.36. The minimum absolute atomic E-state index is 0.0251. The SMILES string of the molecule is C=CCSC1=N/C(=C\c2ccccc2OCC)C(=O)S1. The molecule has 20 heavy (non-hydrogen) atoms. The Kier molecular flexibility index (Phi) is 5.49. The van der Waals surface area contributed by atoms with E-state index in [-0.39, 0.29) is 5.12 Å². The minimum Gasteiger partial charge on any atom is -0.493 e. The highest BCUT2D eigenvalue weighted by atomic mass is 32.2. The fourth-order valence-corrected chi connectivity index (χ4v) is 3.22. The van der Waals surface area contributed by atoms with Crippen molar-refractivity contribution in [3.8, 4) is 5.75 Å². The molecule has 5 heteroatoms. The number of carbonyl (C=O) groups excluding carboxylic acids is 1.